The molecule has 1 N–H and O–H groups in total. The summed E-state index contributed by atoms with van der Waals surface area (Å²) in [4.78, 5) is 2.14. The minimum absolute atomic E-state index is 0.170. The minimum atomic E-state index is -3.65. The van der Waals surface area contributed by atoms with E-state index in [1.165, 1.54) is 12.1 Å². The number of para-hydroxylation sites is 1. The van der Waals surface area contributed by atoms with Gasteiger partial charge in [-0.25, -0.2) is 17.5 Å². The van der Waals surface area contributed by atoms with Gasteiger partial charge in [0.1, 0.15) is 17.3 Å². The Balaban J connectivity index is 1.50. The first-order valence-corrected chi connectivity index (χ1v) is 11.0. The van der Waals surface area contributed by atoms with Crippen LogP contribution < -0.4 is 4.72 Å². The van der Waals surface area contributed by atoms with Crippen molar-refractivity contribution in [2.75, 3.05) is 32.8 Å². The Hall–Kier alpha value is -2.33. The number of benzene rings is 2. The second-order valence-corrected chi connectivity index (χ2v) is 8.76. The van der Waals surface area contributed by atoms with Crippen LogP contribution in [0.25, 0.3) is 11.0 Å². The lowest BCUT2D eigenvalue weighted by atomic mass is 10.0. The number of fused-ring (bicyclic) bond motifs is 1. The van der Waals surface area contributed by atoms with Gasteiger partial charge in [-0.3, -0.25) is 4.90 Å². The van der Waals surface area contributed by atoms with Crippen molar-refractivity contribution in [1.29, 1.82) is 0 Å². The number of aromatic nitrogens is 1. The summed E-state index contributed by atoms with van der Waals surface area (Å²) in [7, 11) is -3.65. The zero-order valence-electron chi connectivity index (χ0n) is 15.8. The molecule has 0 saturated carbocycles. The molecule has 1 atom stereocenters. The number of ether oxygens (including phenoxy) is 1. The monoisotopic (exact) mass is 419 g/mol. The lowest BCUT2D eigenvalue weighted by Crippen LogP contribution is -2.44. The molecule has 3 aromatic rings. The zero-order chi connectivity index (χ0) is 20.3. The molecule has 0 bridgehead atoms. The Labute approximate surface area is 168 Å². The third kappa shape index (κ3) is 4.81. The maximum atomic E-state index is 13.3. The van der Waals surface area contributed by atoms with Crippen LogP contribution in [0.4, 0.5) is 4.39 Å². The Morgan fingerprint density at radius 2 is 1.83 bits per heavy atom. The van der Waals surface area contributed by atoms with E-state index in [0.717, 1.165) is 5.56 Å². The van der Waals surface area contributed by atoms with Gasteiger partial charge in [-0.15, -0.1) is 0 Å². The summed E-state index contributed by atoms with van der Waals surface area (Å²) in [5, 5.41) is 4.58. The van der Waals surface area contributed by atoms with Crippen LogP contribution in [0.5, 0.6) is 0 Å². The molecule has 1 fully saturated rings. The number of nitrogens with zero attached hydrogens (tertiary/aromatic N) is 2. The highest BCUT2D eigenvalue weighted by atomic mass is 32.2. The van der Waals surface area contributed by atoms with Crippen LogP contribution in [-0.2, 0) is 20.5 Å². The maximum absolute atomic E-state index is 13.3. The number of halogens is 1. The van der Waals surface area contributed by atoms with E-state index < -0.39 is 10.0 Å². The van der Waals surface area contributed by atoms with Crippen LogP contribution >= 0.6 is 0 Å². The predicted octanol–water partition coefficient (Wildman–Crippen LogP) is 2.46. The van der Waals surface area contributed by atoms with Gasteiger partial charge in [0.2, 0.25) is 10.0 Å². The summed E-state index contributed by atoms with van der Waals surface area (Å²) < 4.78 is 52.1. The normalized spacial score (nSPS) is 16.9. The largest absolute Gasteiger partial charge is 0.379 e. The van der Waals surface area contributed by atoms with Crippen LogP contribution in [-0.4, -0.2) is 51.3 Å². The van der Waals surface area contributed by atoms with Gasteiger partial charge >= 0.3 is 0 Å². The smallest absolute Gasteiger partial charge is 0.217 e. The van der Waals surface area contributed by atoms with Crippen LogP contribution in [0.2, 0.25) is 0 Å². The second-order valence-electron chi connectivity index (χ2n) is 6.95. The molecule has 2 aromatic carbocycles. The quantitative estimate of drug-likeness (QED) is 0.633. The molecule has 0 unspecified atom stereocenters. The molecule has 0 spiro atoms. The van der Waals surface area contributed by atoms with Gasteiger partial charge in [-0.1, -0.05) is 29.4 Å². The van der Waals surface area contributed by atoms with E-state index in [9.17, 15) is 12.8 Å². The number of hydrogen-bond donors (Lipinski definition) is 1. The first-order chi connectivity index (χ1) is 14.0. The third-order valence-electron chi connectivity index (χ3n) is 5.02. The van der Waals surface area contributed by atoms with E-state index in [1.54, 1.807) is 30.3 Å². The molecule has 4 rings (SSSR count). The predicted molar refractivity (Wildman–Crippen MR) is 106 cm³/mol. The zero-order valence-corrected chi connectivity index (χ0v) is 16.6. The molecule has 154 valence electrons. The van der Waals surface area contributed by atoms with Crippen molar-refractivity contribution in [1.82, 2.24) is 14.8 Å². The van der Waals surface area contributed by atoms with Crippen LogP contribution in [0.1, 0.15) is 17.3 Å². The van der Waals surface area contributed by atoms with E-state index in [-0.39, 0.29) is 24.2 Å². The Morgan fingerprint density at radius 3 is 2.59 bits per heavy atom. The molecule has 1 aliphatic rings. The van der Waals surface area contributed by atoms with Crippen molar-refractivity contribution >= 4 is 21.0 Å². The molecular weight excluding hydrogens is 397 g/mol. The first kappa shape index (κ1) is 20.0. The van der Waals surface area contributed by atoms with Gasteiger partial charge in [-0.05, 0) is 29.8 Å². The van der Waals surface area contributed by atoms with Gasteiger partial charge in [0.15, 0.2) is 5.58 Å². The van der Waals surface area contributed by atoms with Gasteiger partial charge in [0.25, 0.3) is 0 Å². The van der Waals surface area contributed by atoms with E-state index >= 15 is 0 Å². The average Bonchev–Trinajstić information content (AvgIpc) is 3.12. The number of nitrogens with one attached hydrogen (secondary N) is 1. The van der Waals surface area contributed by atoms with E-state index in [4.69, 9.17) is 9.26 Å². The summed E-state index contributed by atoms with van der Waals surface area (Å²) in [5.74, 6) is -0.600. The van der Waals surface area contributed by atoms with Crippen molar-refractivity contribution in [3.63, 3.8) is 0 Å². The van der Waals surface area contributed by atoms with Crippen molar-refractivity contribution in [3.8, 4) is 0 Å². The number of sulfonamides is 1. The number of morpholine rings is 1. The molecule has 0 amide bonds. The molecule has 0 radical (unpaired) electrons. The Bertz CT molecular complexity index is 1060. The van der Waals surface area contributed by atoms with E-state index in [0.29, 0.717) is 43.0 Å². The molecule has 7 nitrogen and oxygen atoms in total. The van der Waals surface area contributed by atoms with Gasteiger partial charge in [-0.2, -0.15) is 0 Å². The maximum Gasteiger partial charge on any atom is 0.217 e. The standard InChI is InChI=1S/C20H22FN3O4S/c21-16-7-5-15(6-8-16)19(24-9-11-27-12-10-24)13-22-29(25,26)14-18-17-3-1-2-4-20(17)28-23-18/h1-8,19,22H,9-14H2/t19-/m1/s1. The van der Waals surface area contributed by atoms with Crippen molar-refractivity contribution < 1.29 is 22.1 Å². The van der Waals surface area contributed by atoms with Gasteiger partial charge < -0.3 is 9.26 Å². The summed E-state index contributed by atoms with van der Waals surface area (Å²) in [6, 6.07) is 13.1. The lowest BCUT2D eigenvalue weighted by Gasteiger charge is -2.34. The molecule has 0 aliphatic carbocycles. The molecule has 9 heteroatoms. The topological polar surface area (TPSA) is 84.7 Å². The van der Waals surface area contributed by atoms with Crippen LogP contribution in [0.15, 0.2) is 53.1 Å². The van der Waals surface area contributed by atoms with Crippen molar-refractivity contribution in [2.24, 2.45) is 0 Å². The number of rotatable bonds is 7. The molecule has 1 aromatic heterocycles. The fraction of sp³-hybridized carbons (Fsp3) is 0.350. The molecule has 29 heavy (non-hydrogen) atoms. The third-order valence-corrected chi connectivity index (χ3v) is 6.28. The lowest BCUT2D eigenvalue weighted by molar-refractivity contribution is 0.0172. The fourth-order valence-electron chi connectivity index (χ4n) is 3.51. The second kappa shape index (κ2) is 8.58. The average molecular weight is 419 g/mol. The molecule has 1 aliphatic heterocycles. The summed E-state index contributed by atoms with van der Waals surface area (Å²) >= 11 is 0. The number of hydrogen-bond acceptors (Lipinski definition) is 6. The summed E-state index contributed by atoms with van der Waals surface area (Å²) in [6.07, 6.45) is 0. The van der Waals surface area contributed by atoms with Crippen LogP contribution in [0.3, 0.4) is 0 Å². The highest BCUT2D eigenvalue weighted by molar-refractivity contribution is 7.88. The molecule has 2 heterocycles. The molecule has 1 saturated heterocycles. The fourth-order valence-corrected chi connectivity index (χ4v) is 4.59. The highest BCUT2D eigenvalue weighted by Gasteiger charge is 2.25. The van der Waals surface area contributed by atoms with Gasteiger partial charge in [0.05, 0.1) is 13.2 Å². The molecular formula is C20H22FN3O4S. The first-order valence-electron chi connectivity index (χ1n) is 9.40. The summed E-state index contributed by atoms with van der Waals surface area (Å²) in [6.45, 7) is 2.68. The van der Waals surface area contributed by atoms with E-state index in [1.807, 2.05) is 6.07 Å². The van der Waals surface area contributed by atoms with Gasteiger partial charge in [0, 0.05) is 31.1 Å². The Morgan fingerprint density at radius 1 is 1.10 bits per heavy atom. The SMILES string of the molecule is O=S(=O)(Cc1noc2ccccc12)NC[C@H](c1ccc(F)cc1)N1CCOCC1. The minimum Gasteiger partial charge on any atom is -0.379 e. The van der Waals surface area contributed by atoms with E-state index in [2.05, 4.69) is 14.8 Å². The van der Waals surface area contributed by atoms with Crippen molar-refractivity contribution in [2.45, 2.75) is 11.8 Å². The van der Waals surface area contributed by atoms with Crippen LogP contribution in [0, 0.1) is 5.82 Å². The highest BCUT2D eigenvalue weighted by Crippen LogP contribution is 2.23. The Kier molecular flexibility index (Phi) is 5.91. The summed E-state index contributed by atoms with van der Waals surface area (Å²) in [5.41, 5.74) is 1.77. The van der Waals surface area contributed by atoms with Crippen molar-refractivity contribution in [3.05, 3.63) is 65.6 Å².